The fourth-order valence-corrected chi connectivity index (χ4v) is 2.96. The van der Waals surface area contributed by atoms with E-state index in [0.29, 0.717) is 10.9 Å². The Kier molecular flexibility index (Phi) is 4.74. The van der Waals surface area contributed by atoms with Gasteiger partial charge in [0.25, 0.3) is 5.91 Å². The normalized spacial score (nSPS) is 11.6. The van der Waals surface area contributed by atoms with E-state index < -0.39 is 11.5 Å². The molecule has 6 nitrogen and oxygen atoms in total. The van der Waals surface area contributed by atoms with Gasteiger partial charge >= 0.3 is 5.97 Å². The number of carbonyl (C=O) groups excluding carboxylic acids is 2. The monoisotopic (exact) mass is 365 g/mol. The van der Waals surface area contributed by atoms with Crippen LogP contribution in [-0.4, -0.2) is 27.0 Å². The number of hydrogen-bond donors (Lipinski definition) is 1. The number of nitrogens with two attached hydrogens (primary N) is 1. The van der Waals surface area contributed by atoms with Crippen LogP contribution in [0.3, 0.4) is 0 Å². The van der Waals surface area contributed by atoms with E-state index in [9.17, 15) is 9.59 Å². The van der Waals surface area contributed by atoms with Gasteiger partial charge in [-0.1, -0.05) is 12.1 Å². The van der Waals surface area contributed by atoms with Gasteiger partial charge in [0.05, 0.1) is 5.56 Å². The molecule has 0 fully saturated rings. The molecule has 0 unspecified atom stereocenters. The fourth-order valence-electron chi connectivity index (χ4n) is 2.96. The van der Waals surface area contributed by atoms with Crippen molar-refractivity contribution in [1.82, 2.24) is 9.55 Å². The first-order valence-electron chi connectivity index (χ1n) is 8.71. The van der Waals surface area contributed by atoms with E-state index in [1.54, 1.807) is 17.0 Å². The first kappa shape index (κ1) is 18.6. The Bertz CT molecular complexity index is 1010. The number of primary amides is 1. The highest BCUT2D eigenvalue weighted by molar-refractivity contribution is 6.07. The molecule has 1 aromatic carbocycles. The summed E-state index contributed by atoms with van der Waals surface area (Å²) in [5, 5.41) is 0.698. The SMILES string of the molecule is Cc1ccc(-c2ccc3c(c2)c(C(N)=O)cn3CC(=O)OC(C)(C)C)cn1. The first-order chi connectivity index (χ1) is 12.6. The zero-order valence-corrected chi connectivity index (χ0v) is 15.9. The standard InChI is InChI=1S/C21H23N3O3/c1-13-5-6-15(10-23-13)14-7-8-18-16(9-14)17(20(22)26)11-24(18)12-19(25)27-21(2,3)4/h5-11H,12H2,1-4H3,(H2,22,26). The van der Waals surface area contributed by atoms with Crippen LogP contribution in [0.5, 0.6) is 0 Å². The van der Waals surface area contributed by atoms with Crippen molar-refractivity contribution in [2.75, 3.05) is 0 Å². The van der Waals surface area contributed by atoms with Crippen molar-refractivity contribution in [3.8, 4) is 11.1 Å². The lowest BCUT2D eigenvalue weighted by Gasteiger charge is -2.19. The van der Waals surface area contributed by atoms with E-state index in [2.05, 4.69) is 4.98 Å². The smallest absolute Gasteiger partial charge is 0.326 e. The Hall–Kier alpha value is -3.15. The second kappa shape index (κ2) is 6.87. The molecule has 0 atom stereocenters. The average molecular weight is 365 g/mol. The topological polar surface area (TPSA) is 87.2 Å². The predicted molar refractivity (Wildman–Crippen MR) is 104 cm³/mol. The van der Waals surface area contributed by atoms with Gasteiger partial charge in [0, 0.05) is 34.6 Å². The Labute approximate surface area is 158 Å². The van der Waals surface area contributed by atoms with Gasteiger partial charge in [-0.05, 0) is 51.5 Å². The van der Waals surface area contributed by atoms with Crippen molar-refractivity contribution < 1.29 is 14.3 Å². The van der Waals surface area contributed by atoms with Crippen molar-refractivity contribution in [1.29, 1.82) is 0 Å². The average Bonchev–Trinajstić information content (AvgIpc) is 2.92. The summed E-state index contributed by atoms with van der Waals surface area (Å²) in [6.45, 7) is 7.38. The van der Waals surface area contributed by atoms with Gasteiger partial charge in [-0.15, -0.1) is 0 Å². The number of aryl methyl sites for hydroxylation is 1. The van der Waals surface area contributed by atoms with Gasteiger partial charge < -0.3 is 15.0 Å². The highest BCUT2D eigenvalue weighted by atomic mass is 16.6. The number of benzene rings is 1. The predicted octanol–water partition coefficient (Wildman–Crippen LogP) is 3.45. The minimum Gasteiger partial charge on any atom is -0.459 e. The molecule has 2 heterocycles. The third-order valence-electron chi connectivity index (χ3n) is 4.11. The van der Waals surface area contributed by atoms with Crippen LogP contribution in [-0.2, 0) is 16.1 Å². The van der Waals surface area contributed by atoms with E-state index in [1.165, 1.54) is 0 Å². The van der Waals surface area contributed by atoms with Gasteiger partial charge in [-0.3, -0.25) is 14.6 Å². The van der Waals surface area contributed by atoms with Crippen molar-refractivity contribution in [2.24, 2.45) is 5.73 Å². The molecule has 27 heavy (non-hydrogen) atoms. The van der Waals surface area contributed by atoms with Crippen LogP contribution in [0.15, 0.2) is 42.7 Å². The van der Waals surface area contributed by atoms with Crippen LogP contribution >= 0.6 is 0 Å². The summed E-state index contributed by atoms with van der Waals surface area (Å²) in [5.74, 6) is -0.913. The molecule has 3 aromatic rings. The molecule has 0 aliphatic carbocycles. The first-order valence-corrected chi connectivity index (χ1v) is 8.71. The van der Waals surface area contributed by atoms with E-state index in [1.807, 2.05) is 58.0 Å². The van der Waals surface area contributed by atoms with E-state index in [0.717, 1.165) is 22.3 Å². The molecule has 0 spiro atoms. The summed E-state index contributed by atoms with van der Waals surface area (Å²) >= 11 is 0. The highest BCUT2D eigenvalue weighted by Crippen LogP contribution is 2.28. The van der Waals surface area contributed by atoms with Gasteiger partial charge in [0.1, 0.15) is 12.1 Å². The Balaban J connectivity index is 2.03. The Morgan fingerprint density at radius 3 is 2.44 bits per heavy atom. The molecule has 2 aromatic heterocycles. The zero-order chi connectivity index (χ0) is 19.8. The number of nitrogens with zero attached hydrogens (tertiary/aromatic N) is 2. The summed E-state index contributed by atoms with van der Waals surface area (Å²) in [6.07, 6.45) is 3.40. The number of esters is 1. The number of ether oxygens (including phenoxy) is 1. The molecule has 0 radical (unpaired) electrons. The lowest BCUT2D eigenvalue weighted by atomic mass is 10.0. The molecule has 0 aliphatic rings. The van der Waals surface area contributed by atoms with Gasteiger partial charge in [-0.2, -0.15) is 0 Å². The molecule has 0 bridgehead atoms. The molecule has 0 saturated carbocycles. The van der Waals surface area contributed by atoms with E-state index in [-0.39, 0.29) is 12.5 Å². The van der Waals surface area contributed by atoms with Crippen molar-refractivity contribution in [2.45, 2.75) is 39.8 Å². The maximum Gasteiger partial charge on any atom is 0.326 e. The molecule has 0 saturated heterocycles. The quantitative estimate of drug-likeness (QED) is 0.717. The fraction of sp³-hybridized carbons (Fsp3) is 0.286. The zero-order valence-electron chi connectivity index (χ0n) is 15.9. The number of aromatic nitrogens is 2. The Morgan fingerprint density at radius 1 is 1.15 bits per heavy atom. The van der Waals surface area contributed by atoms with Crippen LogP contribution < -0.4 is 5.73 Å². The molecular formula is C21H23N3O3. The molecule has 1 amide bonds. The van der Waals surface area contributed by atoms with Crippen LogP contribution in [0.25, 0.3) is 22.0 Å². The number of carbonyl (C=O) groups is 2. The largest absolute Gasteiger partial charge is 0.459 e. The van der Waals surface area contributed by atoms with Gasteiger partial charge in [0.2, 0.25) is 0 Å². The summed E-state index contributed by atoms with van der Waals surface area (Å²) in [4.78, 5) is 28.4. The van der Waals surface area contributed by atoms with Crippen LogP contribution in [0.2, 0.25) is 0 Å². The van der Waals surface area contributed by atoms with Gasteiger partial charge in [-0.25, -0.2) is 0 Å². The molecule has 0 aliphatic heterocycles. The molecule has 140 valence electrons. The number of rotatable bonds is 4. The second-order valence-corrected chi connectivity index (χ2v) is 7.54. The summed E-state index contributed by atoms with van der Waals surface area (Å²) in [5.41, 5.74) is 8.90. The molecular weight excluding hydrogens is 342 g/mol. The minimum atomic E-state index is -0.571. The lowest BCUT2D eigenvalue weighted by Crippen LogP contribution is -2.26. The summed E-state index contributed by atoms with van der Waals surface area (Å²) < 4.78 is 7.08. The van der Waals surface area contributed by atoms with Crippen LogP contribution in [0, 0.1) is 6.92 Å². The maximum absolute atomic E-state index is 12.2. The molecule has 2 N–H and O–H groups in total. The van der Waals surface area contributed by atoms with E-state index >= 15 is 0 Å². The Morgan fingerprint density at radius 2 is 1.85 bits per heavy atom. The number of fused-ring (bicyclic) bond motifs is 1. The van der Waals surface area contributed by atoms with Crippen molar-refractivity contribution in [3.63, 3.8) is 0 Å². The van der Waals surface area contributed by atoms with Crippen molar-refractivity contribution in [3.05, 3.63) is 54.0 Å². The lowest BCUT2D eigenvalue weighted by molar-refractivity contribution is -0.155. The summed E-state index contributed by atoms with van der Waals surface area (Å²) in [6, 6.07) is 9.62. The summed E-state index contributed by atoms with van der Waals surface area (Å²) in [7, 11) is 0. The van der Waals surface area contributed by atoms with Crippen molar-refractivity contribution >= 4 is 22.8 Å². The number of amides is 1. The second-order valence-electron chi connectivity index (χ2n) is 7.54. The maximum atomic E-state index is 12.2. The van der Waals surface area contributed by atoms with E-state index in [4.69, 9.17) is 10.5 Å². The number of pyridine rings is 1. The number of hydrogen-bond acceptors (Lipinski definition) is 4. The van der Waals surface area contributed by atoms with Crippen LogP contribution in [0.4, 0.5) is 0 Å². The van der Waals surface area contributed by atoms with Crippen LogP contribution in [0.1, 0.15) is 36.8 Å². The highest BCUT2D eigenvalue weighted by Gasteiger charge is 2.19. The minimum absolute atomic E-state index is 0.00643. The third kappa shape index (κ3) is 4.16. The van der Waals surface area contributed by atoms with Gasteiger partial charge in [0.15, 0.2) is 0 Å². The molecule has 6 heteroatoms. The third-order valence-corrected chi connectivity index (χ3v) is 4.11. The molecule has 3 rings (SSSR count).